The summed E-state index contributed by atoms with van der Waals surface area (Å²) in [5.41, 5.74) is 1.42. The lowest BCUT2D eigenvalue weighted by Gasteiger charge is -2.29. The first-order chi connectivity index (χ1) is 8.17. The van der Waals surface area contributed by atoms with Crippen molar-refractivity contribution in [1.29, 1.82) is 0 Å². The number of nitrogens with zero attached hydrogens (tertiary/aromatic N) is 1. The van der Waals surface area contributed by atoms with E-state index in [0.29, 0.717) is 0 Å². The van der Waals surface area contributed by atoms with Crippen molar-refractivity contribution in [2.24, 2.45) is 0 Å². The molecule has 0 aliphatic heterocycles. The lowest BCUT2D eigenvalue weighted by atomic mass is 10.1. The van der Waals surface area contributed by atoms with Gasteiger partial charge in [0.25, 0.3) is 0 Å². The monoisotopic (exact) mass is 234 g/mol. The molecular formula is C16H28N+. The van der Waals surface area contributed by atoms with Crippen LogP contribution in [0, 0.1) is 0 Å². The molecule has 0 spiro atoms. The van der Waals surface area contributed by atoms with Gasteiger partial charge in [0.15, 0.2) is 0 Å². The molecule has 0 aromatic heterocycles. The fourth-order valence-corrected chi connectivity index (χ4v) is 2.25. The van der Waals surface area contributed by atoms with E-state index in [1.165, 1.54) is 50.8 Å². The Hall–Kier alpha value is -0.820. The number of benzene rings is 1. The van der Waals surface area contributed by atoms with Gasteiger partial charge in [-0.1, -0.05) is 50.8 Å². The second-order valence-corrected chi connectivity index (χ2v) is 5.51. The van der Waals surface area contributed by atoms with Crippen LogP contribution in [0.4, 0.5) is 5.69 Å². The van der Waals surface area contributed by atoms with E-state index in [1.807, 2.05) is 0 Å². The van der Waals surface area contributed by atoms with E-state index < -0.39 is 0 Å². The van der Waals surface area contributed by atoms with Crippen LogP contribution in [-0.2, 0) is 0 Å². The standard InChI is InChI=1S/C16H28N/c1-4-5-6-7-8-12-15-17(2,3)16-13-10-9-11-14-16/h9-11,13-14H,4-8,12,15H2,1-3H3/q+1. The summed E-state index contributed by atoms with van der Waals surface area (Å²) in [6.07, 6.45) is 8.28. The summed E-state index contributed by atoms with van der Waals surface area (Å²) < 4.78 is 1.01. The van der Waals surface area contributed by atoms with Crippen LogP contribution < -0.4 is 4.48 Å². The van der Waals surface area contributed by atoms with Crippen LogP contribution in [0.3, 0.4) is 0 Å². The predicted octanol–water partition coefficient (Wildman–Crippen LogP) is 4.61. The van der Waals surface area contributed by atoms with Crippen molar-refractivity contribution >= 4 is 5.69 Å². The van der Waals surface area contributed by atoms with Gasteiger partial charge in [0.2, 0.25) is 0 Å². The van der Waals surface area contributed by atoms with Gasteiger partial charge in [-0.25, -0.2) is 0 Å². The summed E-state index contributed by atoms with van der Waals surface area (Å²) >= 11 is 0. The largest absolute Gasteiger partial charge is 0.296 e. The molecule has 1 aromatic rings. The van der Waals surface area contributed by atoms with Gasteiger partial charge < -0.3 is 0 Å². The highest BCUT2D eigenvalue weighted by Crippen LogP contribution is 2.19. The summed E-state index contributed by atoms with van der Waals surface area (Å²) in [6, 6.07) is 10.8. The quantitative estimate of drug-likeness (QED) is 0.455. The van der Waals surface area contributed by atoms with Crippen LogP contribution in [0.15, 0.2) is 30.3 Å². The van der Waals surface area contributed by atoms with E-state index in [4.69, 9.17) is 0 Å². The van der Waals surface area contributed by atoms with E-state index in [1.54, 1.807) is 0 Å². The maximum absolute atomic E-state index is 2.31. The highest BCUT2D eigenvalue weighted by molar-refractivity contribution is 5.40. The van der Waals surface area contributed by atoms with Gasteiger partial charge in [0.05, 0.1) is 20.6 Å². The third-order valence-corrected chi connectivity index (χ3v) is 3.53. The van der Waals surface area contributed by atoms with Crippen LogP contribution in [0.1, 0.15) is 45.4 Å². The summed E-state index contributed by atoms with van der Waals surface area (Å²) in [5, 5.41) is 0. The van der Waals surface area contributed by atoms with E-state index in [9.17, 15) is 0 Å². The molecule has 0 N–H and O–H groups in total. The Balaban J connectivity index is 2.26. The minimum absolute atomic E-state index is 1.01. The second-order valence-electron chi connectivity index (χ2n) is 5.51. The van der Waals surface area contributed by atoms with Crippen molar-refractivity contribution in [3.63, 3.8) is 0 Å². The minimum atomic E-state index is 1.01. The maximum Gasteiger partial charge on any atom is 0.132 e. The molecule has 0 unspecified atom stereocenters. The highest BCUT2D eigenvalue weighted by atomic mass is 15.3. The molecule has 0 saturated carbocycles. The molecule has 1 heteroatoms. The molecular weight excluding hydrogens is 206 g/mol. The zero-order chi connectivity index (χ0) is 12.6. The van der Waals surface area contributed by atoms with E-state index in [-0.39, 0.29) is 0 Å². The Morgan fingerprint density at radius 1 is 0.824 bits per heavy atom. The molecule has 1 nitrogen and oxygen atoms in total. The van der Waals surface area contributed by atoms with Crippen LogP contribution in [-0.4, -0.2) is 20.6 Å². The Labute approximate surface area is 107 Å². The van der Waals surface area contributed by atoms with E-state index in [0.717, 1.165) is 4.48 Å². The Kier molecular flexibility index (Phi) is 6.28. The van der Waals surface area contributed by atoms with Crippen molar-refractivity contribution in [3.8, 4) is 0 Å². The molecule has 0 saturated heterocycles. The average Bonchev–Trinajstić information content (AvgIpc) is 2.35. The molecule has 0 heterocycles. The zero-order valence-electron chi connectivity index (χ0n) is 11.8. The van der Waals surface area contributed by atoms with E-state index >= 15 is 0 Å². The van der Waals surface area contributed by atoms with Gasteiger partial charge in [0.1, 0.15) is 5.69 Å². The highest BCUT2D eigenvalue weighted by Gasteiger charge is 2.17. The van der Waals surface area contributed by atoms with Gasteiger partial charge in [-0.3, -0.25) is 4.48 Å². The average molecular weight is 234 g/mol. The Morgan fingerprint density at radius 3 is 2.06 bits per heavy atom. The second kappa shape index (κ2) is 7.50. The Bertz CT molecular complexity index is 290. The molecule has 0 aliphatic rings. The van der Waals surface area contributed by atoms with Crippen LogP contribution in [0.25, 0.3) is 0 Å². The van der Waals surface area contributed by atoms with Crippen molar-refractivity contribution in [1.82, 2.24) is 4.48 Å². The normalized spacial score (nSPS) is 11.7. The third-order valence-electron chi connectivity index (χ3n) is 3.53. The number of quaternary nitrogens is 1. The molecule has 1 rings (SSSR count). The zero-order valence-corrected chi connectivity index (χ0v) is 11.8. The molecule has 0 amide bonds. The summed E-state index contributed by atoms with van der Waals surface area (Å²) in [7, 11) is 4.61. The molecule has 17 heavy (non-hydrogen) atoms. The first kappa shape index (κ1) is 14.2. The molecule has 96 valence electrons. The van der Waals surface area contributed by atoms with Gasteiger partial charge in [-0.15, -0.1) is 0 Å². The SMILES string of the molecule is CCCCCCCC[N+](C)(C)c1ccccc1. The third kappa shape index (κ3) is 5.36. The number of hydrogen-bond acceptors (Lipinski definition) is 0. The molecule has 0 fully saturated rings. The Morgan fingerprint density at radius 2 is 1.41 bits per heavy atom. The van der Waals surface area contributed by atoms with Gasteiger partial charge in [-0.2, -0.15) is 0 Å². The van der Waals surface area contributed by atoms with Crippen molar-refractivity contribution in [3.05, 3.63) is 30.3 Å². The van der Waals surface area contributed by atoms with Crippen molar-refractivity contribution < 1.29 is 0 Å². The van der Waals surface area contributed by atoms with E-state index in [2.05, 4.69) is 51.4 Å². The fourth-order valence-electron chi connectivity index (χ4n) is 2.25. The molecule has 1 aromatic carbocycles. The number of rotatable bonds is 8. The summed E-state index contributed by atoms with van der Waals surface area (Å²) in [6.45, 7) is 3.52. The van der Waals surface area contributed by atoms with Gasteiger partial charge in [-0.05, 0) is 25.0 Å². The number of para-hydroxylation sites is 1. The minimum Gasteiger partial charge on any atom is -0.296 e. The van der Waals surface area contributed by atoms with Crippen LogP contribution >= 0.6 is 0 Å². The van der Waals surface area contributed by atoms with Gasteiger partial charge in [0, 0.05) is 0 Å². The van der Waals surface area contributed by atoms with Crippen LogP contribution in [0.5, 0.6) is 0 Å². The maximum atomic E-state index is 2.31. The predicted molar refractivity (Wildman–Crippen MR) is 78.3 cm³/mol. The molecule has 0 radical (unpaired) electrons. The first-order valence-electron chi connectivity index (χ1n) is 7.05. The molecule has 0 bridgehead atoms. The van der Waals surface area contributed by atoms with Crippen LogP contribution in [0.2, 0.25) is 0 Å². The molecule has 0 aliphatic carbocycles. The number of unbranched alkanes of at least 4 members (excludes halogenated alkanes) is 5. The fraction of sp³-hybridized carbons (Fsp3) is 0.625. The lowest BCUT2D eigenvalue weighted by Crippen LogP contribution is -2.41. The molecule has 0 atom stereocenters. The number of hydrogen-bond donors (Lipinski definition) is 0. The van der Waals surface area contributed by atoms with Gasteiger partial charge >= 0.3 is 0 Å². The first-order valence-corrected chi connectivity index (χ1v) is 7.05. The lowest BCUT2D eigenvalue weighted by molar-refractivity contribution is 0.381. The smallest absolute Gasteiger partial charge is 0.132 e. The van der Waals surface area contributed by atoms with Crippen molar-refractivity contribution in [2.75, 3.05) is 20.6 Å². The summed E-state index contributed by atoms with van der Waals surface area (Å²) in [5.74, 6) is 0. The topological polar surface area (TPSA) is 0 Å². The van der Waals surface area contributed by atoms with Crippen molar-refractivity contribution in [2.45, 2.75) is 45.4 Å². The summed E-state index contributed by atoms with van der Waals surface area (Å²) in [4.78, 5) is 0.